The third-order valence-electron chi connectivity index (χ3n) is 4.20. The number of rotatable bonds is 5. The summed E-state index contributed by atoms with van der Waals surface area (Å²) in [5.74, 6) is 0.936. The van der Waals surface area contributed by atoms with Crippen LogP contribution in [0.5, 0.6) is 0 Å². The molecule has 1 aliphatic rings. The number of hydrogen-bond acceptors (Lipinski definition) is 2. The largest absolute Gasteiger partial charge is 0.310 e. The molecule has 0 bridgehead atoms. The van der Waals surface area contributed by atoms with E-state index < -0.39 is 0 Å². The molecule has 1 nitrogen and oxygen atoms in total. The first-order valence-electron chi connectivity index (χ1n) is 7.18. The second kappa shape index (κ2) is 5.94. The van der Waals surface area contributed by atoms with Crippen LogP contribution >= 0.6 is 27.3 Å². The molecule has 1 aromatic carbocycles. The van der Waals surface area contributed by atoms with E-state index in [4.69, 9.17) is 0 Å². The van der Waals surface area contributed by atoms with Crippen molar-refractivity contribution in [3.05, 3.63) is 33.6 Å². The van der Waals surface area contributed by atoms with Crippen molar-refractivity contribution in [3.63, 3.8) is 0 Å². The highest BCUT2D eigenvalue weighted by atomic mass is 79.9. The minimum atomic E-state index is 0.526. The third kappa shape index (κ3) is 2.74. The van der Waals surface area contributed by atoms with Crippen LogP contribution in [0.1, 0.15) is 44.2 Å². The van der Waals surface area contributed by atoms with Gasteiger partial charge in [0.05, 0.1) is 0 Å². The van der Waals surface area contributed by atoms with E-state index in [0.717, 1.165) is 12.5 Å². The molecule has 3 rings (SSSR count). The molecule has 0 radical (unpaired) electrons. The van der Waals surface area contributed by atoms with Gasteiger partial charge in [0, 0.05) is 15.2 Å². The van der Waals surface area contributed by atoms with E-state index in [9.17, 15) is 0 Å². The SMILES string of the molecule is CCNC(CC1CCC1)c1csc2c(Br)cccc12. The van der Waals surface area contributed by atoms with Crippen LogP contribution in [0.2, 0.25) is 0 Å². The second-order valence-electron chi connectivity index (χ2n) is 5.45. The van der Waals surface area contributed by atoms with Crippen molar-refractivity contribution >= 4 is 37.4 Å². The van der Waals surface area contributed by atoms with Gasteiger partial charge in [-0.15, -0.1) is 11.3 Å². The lowest BCUT2D eigenvalue weighted by atomic mass is 9.79. The summed E-state index contributed by atoms with van der Waals surface area (Å²) >= 11 is 5.52. The van der Waals surface area contributed by atoms with Gasteiger partial charge in [0.15, 0.2) is 0 Å². The maximum atomic E-state index is 3.69. The Morgan fingerprint density at radius 1 is 1.42 bits per heavy atom. The molecular weight excluding hydrogens is 318 g/mol. The number of hydrogen-bond donors (Lipinski definition) is 1. The molecule has 2 aromatic rings. The smallest absolute Gasteiger partial charge is 0.0488 e. The first-order chi connectivity index (χ1) is 9.29. The van der Waals surface area contributed by atoms with Gasteiger partial charge in [-0.1, -0.05) is 38.3 Å². The molecule has 1 saturated carbocycles. The average Bonchev–Trinajstić information content (AvgIpc) is 2.77. The van der Waals surface area contributed by atoms with Crippen molar-refractivity contribution in [2.75, 3.05) is 6.54 Å². The highest BCUT2D eigenvalue weighted by Crippen LogP contribution is 2.40. The van der Waals surface area contributed by atoms with Gasteiger partial charge in [0.2, 0.25) is 0 Å². The molecule has 19 heavy (non-hydrogen) atoms. The maximum absolute atomic E-state index is 3.69. The summed E-state index contributed by atoms with van der Waals surface area (Å²) in [6.07, 6.45) is 5.58. The quantitative estimate of drug-likeness (QED) is 0.758. The average molecular weight is 338 g/mol. The molecule has 1 unspecified atom stereocenters. The number of benzene rings is 1. The van der Waals surface area contributed by atoms with Crippen molar-refractivity contribution < 1.29 is 0 Å². The molecule has 1 heterocycles. The van der Waals surface area contributed by atoms with Crippen LogP contribution < -0.4 is 5.32 Å². The summed E-state index contributed by atoms with van der Waals surface area (Å²) < 4.78 is 2.61. The molecule has 0 amide bonds. The van der Waals surface area contributed by atoms with Crippen LogP contribution in [-0.4, -0.2) is 6.54 Å². The Labute approximate surface area is 127 Å². The maximum Gasteiger partial charge on any atom is 0.0488 e. The molecule has 1 aromatic heterocycles. The van der Waals surface area contributed by atoms with Gasteiger partial charge in [-0.05, 0) is 57.2 Å². The number of nitrogens with one attached hydrogen (secondary N) is 1. The van der Waals surface area contributed by atoms with Crippen LogP contribution in [0, 0.1) is 5.92 Å². The van der Waals surface area contributed by atoms with Gasteiger partial charge >= 0.3 is 0 Å². The minimum Gasteiger partial charge on any atom is -0.310 e. The normalized spacial score (nSPS) is 17.6. The van der Waals surface area contributed by atoms with E-state index in [2.05, 4.69) is 51.7 Å². The van der Waals surface area contributed by atoms with E-state index in [0.29, 0.717) is 6.04 Å². The van der Waals surface area contributed by atoms with Crippen LogP contribution in [0.15, 0.2) is 28.1 Å². The fraction of sp³-hybridized carbons (Fsp3) is 0.500. The number of halogens is 1. The Hall–Kier alpha value is -0.380. The summed E-state index contributed by atoms with van der Waals surface area (Å²) in [5.41, 5.74) is 1.50. The summed E-state index contributed by atoms with van der Waals surface area (Å²) in [7, 11) is 0. The Morgan fingerprint density at radius 3 is 2.95 bits per heavy atom. The molecule has 3 heteroatoms. The van der Waals surface area contributed by atoms with Gasteiger partial charge in [0.25, 0.3) is 0 Å². The summed E-state index contributed by atoms with van der Waals surface area (Å²) in [6, 6.07) is 7.07. The molecule has 0 saturated heterocycles. The van der Waals surface area contributed by atoms with Gasteiger partial charge in [-0.2, -0.15) is 0 Å². The predicted molar refractivity (Wildman–Crippen MR) is 87.9 cm³/mol. The molecule has 102 valence electrons. The van der Waals surface area contributed by atoms with Crippen LogP contribution in [-0.2, 0) is 0 Å². The molecule has 1 aliphatic carbocycles. The standard InChI is InChI=1S/C16H20BrNS/c1-2-18-15(9-11-5-3-6-11)13-10-19-16-12(13)7-4-8-14(16)17/h4,7-8,10-11,15,18H,2-3,5-6,9H2,1H3. The summed E-state index contributed by atoms with van der Waals surface area (Å²) in [4.78, 5) is 0. The summed E-state index contributed by atoms with van der Waals surface area (Å²) in [6.45, 7) is 3.25. The van der Waals surface area contributed by atoms with Crippen LogP contribution in [0.4, 0.5) is 0 Å². The van der Waals surface area contributed by atoms with E-state index in [1.54, 1.807) is 0 Å². The number of thiophene rings is 1. The molecule has 0 aliphatic heterocycles. The van der Waals surface area contributed by atoms with Crippen molar-refractivity contribution in [1.82, 2.24) is 5.32 Å². The summed E-state index contributed by atoms with van der Waals surface area (Å²) in [5, 5.41) is 7.46. The Morgan fingerprint density at radius 2 is 2.26 bits per heavy atom. The topological polar surface area (TPSA) is 12.0 Å². The first-order valence-corrected chi connectivity index (χ1v) is 8.86. The highest BCUT2D eigenvalue weighted by Gasteiger charge is 2.24. The molecular formula is C16H20BrNS. The van der Waals surface area contributed by atoms with E-state index in [-0.39, 0.29) is 0 Å². The van der Waals surface area contributed by atoms with Crippen LogP contribution in [0.25, 0.3) is 10.1 Å². The van der Waals surface area contributed by atoms with E-state index >= 15 is 0 Å². The molecule has 1 fully saturated rings. The Balaban J connectivity index is 1.92. The van der Waals surface area contributed by atoms with Crippen molar-refractivity contribution in [2.45, 2.75) is 38.6 Å². The predicted octanol–water partition coefficient (Wildman–Crippen LogP) is 5.50. The highest BCUT2D eigenvalue weighted by molar-refractivity contribution is 9.10. The van der Waals surface area contributed by atoms with Gasteiger partial charge in [0.1, 0.15) is 0 Å². The zero-order chi connectivity index (χ0) is 13.2. The van der Waals surface area contributed by atoms with Crippen molar-refractivity contribution in [2.24, 2.45) is 5.92 Å². The molecule has 1 N–H and O–H groups in total. The zero-order valence-electron chi connectivity index (χ0n) is 11.3. The van der Waals surface area contributed by atoms with E-state index in [1.807, 2.05) is 11.3 Å². The van der Waals surface area contributed by atoms with Crippen molar-refractivity contribution in [1.29, 1.82) is 0 Å². The Kier molecular flexibility index (Phi) is 4.25. The first kappa shape index (κ1) is 13.6. The fourth-order valence-corrected chi connectivity index (χ4v) is 4.62. The van der Waals surface area contributed by atoms with Crippen molar-refractivity contribution in [3.8, 4) is 0 Å². The lowest BCUT2D eigenvalue weighted by molar-refractivity contribution is 0.263. The molecule has 0 spiro atoms. The monoisotopic (exact) mass is 337 g/mol. The van der Waals surface area contributed by atoms with E-state index in [1.165, 1.54) is 45.8 Å². The zero-order valence-corrected chi connectivity index (χ0v) is 13.7. The second-order valence-corrected chi connectivity index (χ2v) is 7.18. The van der Waals surface area contributed by atoms with Gasteiger partial charge in [-0.25, -0.2) is 0 Å². The van der Waals surface area contributed by atoms with Crippen LogP contribution in [0.3, 0.4) is 0 Å². The lowest BCUT2D eigenvalue weighted by Crippen LogP contribution is -2.25. The van der Waals surface area contributed by atoms with Gasteiger partial charge < -0.3 is 5.32 Å². The Bertz CT molecular complexity index is 559. The minimum absolute atomic E-state index is 0.526. The number of fused-ring (bicyclic) bond motifs is 1. The molecule has 1 atom stereocenters. The third-order valence-corrected chi connectivity index (χ3v) is 6.17. The fourth-order valence-electron chi connectivity index (χ4n) is 2.94. The van der Waals surface area contributed by atoms with Gasteiger partial charge in [-0.3, -0.25) is 0 Å². The lowest BCUT2D eigenvalue weighted by Gasteiger charge is -2.30.